The van der Waals surface area contributed by atoms with Crippen molar-refractivity contribution >= 4 is 23.2 Å². The summed E-state index contributed by atoms with van der Waals surface area (Å²) in [5, 5.41) is 3.39. The van der Waals surface area contributed by atoms with E-state index in [2.05, 4.69) is 5.32 Å². The highest BCUT2D eigenvalue weighted by atomic mass is 35.5. The number of rotatable bonds is 5. The van der Waals surface area contributed by atoms with Gasteiger partial charge in [0, 0.05) is 16.7 Å². The van der Waals surface area contributed by atoms with Gasteiger partial charge in [-0.1, -0.05) is 23.7 Å². The number of methoxy groups -OCH3 is 1. The third-order valence-electron chi connectivity index (χ3n) is 4.23. The van der Waals surface area contributed by atoms with Crippen molar-refractivity contribution in [2.75, 3.05) is 12.4 Å². The molecule has 0 spiro atoms. The van der Waals surface area contributed by atoms with Crippen LogP contribution in [0.25, 0.3) is 0 Å². The lowest BCUT2D eigenvalue weighted by Gasteiger charge is -2.14. The van der Waals surface area contributed by atoms with Crippen LogP contribution >= 0.6 is 11.6 Å². The summed E-state index contributed by atoms with van der Waals surface area (Å²) in [4.78, 5) is 12.7. The van der Waals surface area contributed by atoms with Crippen LogP contribution in [0.4, 0.5) is 5.69 Å². The summed E-state index contributed by atoms with van der Waals surface area (Å²) in [5.74, 6) is 1.54. The highest BCUT2D eigenvalue weighted by Gasteiger charge is 2.12. The van der Waals surface area contributed by atoms with Gasteiger partial charge in [0.15, 0.2) is 5.75 Å². The third-order valence-corrected chi connectivity index (χ3v) is 4.46. The van der Waals surface area contributed by atoms with Crippen molar-refractivity contribution in [3.8, 4) is 17.2 Å². The Morgan fingerprint density at radius 1 is 0.926 bits per heavy atom. The van der Waals surface area contributed by atoms with Crippen molar-refractivity contribution in [2.24, 2.45) is 0 Å². The SMILES string of the molecule is COc1cccc(Oc2ccc(Cl)cc2NC(=O)c2ccc(C)c(C)c2)c1. The lowest BCUT2D eigenvalue weighted by Crippen LogP contribution is -2.13. The van der Waals surface area contributed by atoms with Gasteiger partial charge in [-0.3, -0.25) is 4.79 Å². The molecule has 0 fully saturated rings. The molecule has 5 heteroatoms. The van der Waals surface area contributed by atoms with Gasteiger partial charge >= 0.3 is 0 Å². The molecule has 0 aliphatic carbocycles. The van der Waals surface area contributed by atoms with Gasteiger partial charge < -0.3 is 14.8 Å². The zero-order valence-corrected chi connectivity index (χ0v) is 16.1. The van der Waals surface area contributed by atoms with E-state index in [1.165, 1.54) is 0 Å². The molecule has 3 aromatic carbocycles. The Labute approximate surface area is 163 Å². The molecule has 138 valence electrons. The standard InChI is InChI=1S/C22H20ClNO3/c1-14-7-8-16(11-15(14)2)22(25)24-20-12-17(23)9-10-21(20)27-19-6-4-5-18(13-19)26-3/h4-13H,1-3H3,(H,24,25). The summed E-state index contributed by atoms with van der Waals surface area (Å²) in [7, 11) is 1.59. The zero-order valence-electron chi connectivity index (χ0n) is 15.4. The first-order chi connectivity index (χ1) is 13.0. The molecule has 0 aliphatic rings. The van der Waals surface area contributed by atoms with Crippen molar-refractivity contribution in [1.82, 2.24) is 0 Å². The Hall–Kier alpha value is -2.98. The largest absolute Gasteiger partial charge is 0.497 e. The maximum absolute atomic E-state index is 12.7. The highest BCUT2D eigenvalue weighted by Crippen LogP contribution is 2.33. The van der Waals surface area contributed by atoms with Crippen LogP contribution in [-0.4, -0.2) is 13.0 Å². The second-order valence-electron chi connectivity index (χ2n) is 6.17. The number of carbonyl (C=O) groups excluding carboxylic acids is 1. The van der Waals surface area contributed by atoms with Crippen LogP contribution in [0.5, 0.6) is 17.2 Å². The lowest BCUT2D eigenvalue weighted by atomic mass is 10.1. The van der Waals surface area contributed by atoms with Gasteiger partial charge in [-0.15, -0.1) is 0 Å². The summed E-state index contributed by atoms with van der Waals surface area (Å²) < 4.78 is 11.1. The number of hydrogen-bond donors (Lipinski definition) is 1. The Kier molecular flexibility index (Phi) is 5.67. The van der Waals surface area contributed by atoms with Gasteiger partial charge in [-0.05, 0) is 67.4 Å². The van der Waals surface area contributed by atoms with Crippen LogP contribution < -0.4 is 14.8 Å². The Balaban J connectivity index is 1.87. The van der Waals surface area contributed by atoms with Crippen LogP contribution in [0.1, 0.15) is 21.5 Å². The van der Waals surface area contributed by atoms with Crippen molar-refractivity contribution < 1.29 is 14.3 Å². The van der Waals surface area contributed by atoms with Crippen LogP contribution in [0, 0.1) is 13.8 Å². The summed E-state index contributed by atoms with van der Waals surface area (Å²) in [6.45, 7) is 3.98. The molecule has 4 nitrogen and oxygen atoms in total. The molecule has 1 N–H and O–H groups in total. The minimum atomic E-state index is -0.226. The van der Waals surface area contributed by atoms with E-state index in [4.69, 9.17) is 21.1 Å². The number of aryl methyl sites for hydroxylation is 2. The molecule has 0 saturated heterocycles. The minimum absolute atomic E-state index is 0.226. The first-order valence-electron chi connectivity index (χ1n) is 8.46. The molecule has 1 amide bonds. The summed E-state index contributed by atoms with van der Waals surface area (Å²) in [6, 6.07) is 17.9. The average Bonchev–Trinajstić information content (AvgIpc) is 2.66. The molecule has 0 heterocycles. The van der Waals surface area contributed by atoms with Crippen LogP contribution in [0.3, 0.4) is 0 Å². The first-order valence-corrected chi connectivity index (χ1v) is 8.84. The van der Waals surface area contributed by atoms with Gasteiger partial charge in [0.2, 0.25) is 0 Å². The second kappa shape index (κ2) is 8.14. The number of amides is 1. The lowest BCUT2D eigenvalue weighted by molar-refractivity contribution is 0.102. The number of nitrogens with one attached hydrogen (secondary N) is 1. The molecular weight excluding hydrogens is 362 g/mol. The fourth-order valence-corrected chi connectivity index (χ4v) is 2.73. The van der Waals surface area contributed by atoms with E-state index in [1.54, 1.807) is 37.4 Å². The minimum Gasteiger partial charge on any atom is -0.497 e. The molecule has 0 saturated carbocycles. The van der Waals surface area contributed by atoms with E-state index in [-0.39, 0.29) is 5.91 Å². The van der Waals surface area contributed by atoms with Gasteiger partial charge in [0.1, 0.15) is 11.5 Å². The molecule has 0 unspecified atom stereocenters. The molecule has 0 radical (unpaired) electrons. The van der Waals surface area contributed by atoms with E-state index < -0.39 is 0 Å². The number of anilines is 1. The number of carbonyl (C=O) groups is 1. The quantitative estimate of drug-likeness (QED) is 0.588. The van der Waals surface area contributed by atoms with Crippen LogP contribution in [0.2, 0.25) is 5.02 Å². The van der Waals surface area contributed by atoms with Gasteiger partial charge in [0.05, 0.1) is 12.8 Å². The molecule has 27 heavy (non-hydrogen) atoms. The maximum atomic E-state index is 12.7. The molecule has 0 bridgehead atoms. The Morgan fingerprint density at radius 3 is 2.44 bits per heavy atom. The second-order valence-corrected chi connectivity index (χ2v) is 6.61. The number of halogens is 1. The van der Waals surface area contributed by atoms with Crippen molar-refractivity contribution in [3.63, 3.8) is 0 Å². The number of hydrogen-bond acceptors (Lipinski definition) is 3. The highest BCUT2D eigenvalue weighted by molar-refractivity contribution is 6.31. The van der Waals surface area contributed by atoms with Gasteiger partial charge in [-0.25, -0.2) is 0 Å². The molecule has 0 atom stereocenters. The predicted molar refractivity (Wildman–Crippen MR) is 108 cm³/mol. The smallest absolute Gasteiger partial charge is 0.255 e. The van der Waals surface area contributed by atoms with Crippen LogP contribution in [0.15, 0.2) is 60.7 Å². The van der Waals surface area contributed by atoms with Gasteiger partial charge in [-0.2, -0.15) is 0 Å². The molecular formula is C22H20ClNO3. The maximum Gasteiger partial charge on any atom is 0.255 e. The first kappa shape index (κ1) is 18.8. The normalized spacial score (nSPS) is 10.4. The summed E-state index contributed by atoms with van der Waals surface area (Å²) >= 11 is 6.12. The third kappa shape index (κ3) is 4.60. The van der Waals surface area contributed by atoms with Crippen molar-refractivity contribution in [2.45, 2.75) is 13.8 Å². The fraction of sp³-hybridized carbons (Fsp3) is 0.136. The zero-order chi connectivity index (χ0) is 19.4. The Bertz CT molecular complexity index is 985. The van der Waals surface area contributed by atoms with Crippen molar-refractivity contribution in [1.29, 1.82) is 0 Å². The molecule has 3 rings (SSSR count). The van der Waals surface area contributed by atoms with Gasteiger partial charge in [0.25, 0.3) is 5.91 Å². The Morgan fingerprint density at radius 2 is 1.70 bits per heavy atom. The monoisotopic (exact) mass is 381 g/mol. The summed E-state index contributed by atoms with van der Waals surface area (Å²) in [6.07, 6.45) is 0. The molecule has 3 aromatic rings. The van der Waals surface area contributed by atoms with Crippen LogP contribution in [-0.2, 0) is 0 Å². The number of ether oxygens (including phenoxy) is 2. The average molecular weight is 382 g/mol. The topological polar surface area (TPSA) is 47.6 Å². The van der Waals surface area contributed by atoms with E-state index in [0.717, 1.165) is 11.1 Å². The van der Waals surface area contributed by atoms with E-state index >= 15 is 0 Å². The molecule has 0 aliphatic heterocycles. The van der Waals surface area contributed by atoms with E-state index in [9.17, 15) is 4.79 Å². The predicted octanol–water partition coefficient (Wildman–Crippen LogP) is 6.01. The molecule has 0 aromatic heterocycles. The van der Waals surface area contributed by atoms with E-state index in [0.29, 0.717) is 33.5 Å². The van der Waals surface area contributed by atoms with E-state index in [1.807, 2.05) is 44.2 Å². The van der Waals surface area contributed by atoms with Crippen molar-refractivity contribution in [3.05, 3.63) is 82.4 Å². The number of benzene rings is 3. The summed E-state index contributed by atoms with van der Waals surface area (Å²) in [5.41, 5.74) is 3.26. The fourth-order valence-electron chi connectivity index (χ4n) is 2.56.